The maximum atomic E-state index is 15.1. The summed E-state index contributed by atoms with van der Waals surface area (Å²) in [7, 11) is 0. The van der Waals surface area contributed by atoms with E-state index in [1.54, 1.807) is 48.5 Å². The Morgan fingerprint density at radius 3 is 2.17 bits per heavy atom. The second kappa shape index (κ2) is 11.2. The first kappa shape index (κ1) is 30.1. The Morgan fingerprint density at radius 1 is 0.792 bits per heavy atom. The van der Waals surface area contributed by atoms with Crippen molar-refractivity contribution in [2.75, 3.05) is 10.3 Å². The molecule has 0 bridgehead atoms. The molecule has 3 fully saturated rings. The smallest absolute Gasteiger partial charge is 0.260 e. The molecule has 4 aromatic rings. The number of hydrazine groups is 1. The zero-order chi connectivity index (χ0) is 33.3. The number of hydrogen-bond acceptors (Lipinski definition) is 6. The van der Waals surface area contributed by atoms with Gasteiger partial charge in [-0.2, -0.15) is 5.01 Å². The number of imide groups is 2. The van der Waals surface area contributed by atoms with Crippen LogP contribution in [0.4, 0.5) is 11.4 Å². The average molecular weight is 658 g/mol. The molecule has 2 N–H and O–H groups in total. The Bertz CT molecular complexity index is 1990. The number of fused-ring (bicyclic) bond motifs is 4. The van der Waals surface area contributed by atoms with Crippen LogP contribution in [0, 0.1) is 30.6 Å². The van der Waals surface area contributed by atoms with Gasteiger partial charge < -0.3 is 5.11 Å². The second-order valence-electron chi connectivity index (χ2n) is 13.2. The third kappa shape index (κ3) is 4.35. The maximum absolute atomic E-state index is 15.1. The minimum Gasteiger partial charge on any atom is -0.508 e. The standard InChI is InChI=1S/C39H32ClN3O5/c1-22-7-13-26(14-8-22)41-43-36(46)32-21-31-29(19-20-30-33(31)37(47)42(35(30)45)27-15-11-25(40)12-16-27)34(23-9-17-28(44)18-10-23)39(32,38(43)48)24-5-3-2-4-6-24/h2-19,30-34,41,44H,20-21H2,1H3. The van der Waals surface area contributed by atoms with Crippen molar-refractivity contribution in [3.8, 4) is 5.75 Å². The summed E-state index contributed by atoms with van der Waals surface area (Å²) in [5.41, 5.74) is 6.13. The summed E-state index contributed by atoms with van der Waals surface area (Å²) in [5.74, 6) is -4.58. The van der Waals surface area contributed by atoms with Crippen LogP contribution in [0.3, 0.4) is 0 Å². The number of aryl methyl sites for hydroxylation is 1. The van der Waals surface area contributed by atoms with Crippen LogP contribution in [0.5, 0.6) is 5.75 Å². The summed E-state index contributed by atoms with van der Waals surface area (Å²) in [6.45, 7) is 1.96. The van der Waals surface area contributed by atoms with Crippen molar-refractivity contribution in [2.45, 2.75) is 31.1 Å². The Hall–Kier alpha value is -5.21. The van der Waals surface area contributed by atoms with Gasteiger partial charge in [-0.3, -0.25) is 29.5 Å². The van der Waals surface area contributed by atoms with E-state index in [0.717, 1.165) is 21.7 Å². The first-order chi connectivity index (χ1) is 23.2. The predicted molar refractivity (Wildman–Crippen MR) is 181 cm³/mol. The number of rotatable bonds is 5. The summed E-state index contributed by atoms with van der Waals surface area (Å²) >= 11 is 6.12. The van der Waals surface area contributed by atoms with E-state index in [2.05, 4.69) is 5.43 Å². The minimum absolute atomic E-state index is 0.0702. The van der Waals surface area contributed by atoms with E-state index in [4.69, 9.17) is 11.6 Å². The monoisotopic (exact) mass is 657 g/mol. The highest BCUT2D eigenvalue weighted by Crippen LogP contribution is 2.64. The molecule has 2 aliphatic carbocycles. The molecular formula is C39H32ClN3O5. The van der Waals surface area contributed by atoms with Gasteiger partial charge in [0.15, 0.2) is 0 Å². The molecule has 0 spiro atoms. The quantitative estimate of drug-likeness (QED) is 0.186. The summed E-state index contributed by atoms with van der Waals surface area (Å²) < 4.78 is 0. The number of hydrogen-bond donors (Lipinski definition) is 2. The Labute approximate surface area is 282 Å². The Balaban J connectivity index is 1.30. The first-order valence-electron chi connectivity index (χ1n) is 16.1. The van der Waals surface area contributed by atoms with Gasteiger partial charge in [0.2, 0.25) is 11.8 Å². The van der Waals surface area contributed by atoms with Crippen molar-refractivity contribution in [3.05, 3.63) is 136 Å². The number of phenols is 1. The number of amides is 4. The molecule has 0 aromatic heterocycles. The van der Waals surface area contributed by atoms with Crippen LogP contribution in [-0.4, -0.2) is 33.7 Å². The van der Waals surface area contributed by atoms with Crippen LogP contribution in [0.1, 0.15) is 35.4 Å². The van der Waals surface area contributed by atoms with Gasteiger partial charge in [0.25, 0.3) is 11.8 Å². The van der Waals surface area contributed by atoms with E-state index in [-0.39, 0.29) is 35.8 Å². The zero-order valence-electron chi connectivity index (χ0n) is 26.0. The van der Waals surface area contributed by atoms with Crippen LogP contribution >= 0.6 is 11.6 Å². The Morgan fingerprint density at radius 2 is 1.48 bits per heavy atom. The highest BCUT2D eigenvalue weighted by atomic mass is 35.5. The second-order valence-corrected chi connectivity index (χ2v) is 13.6. The van der Waals surface area contributed by atoms with Crippen molar-refractivity contribution >= 4 is 46.6 Å². The average Bonchev–Trinajstić information content (AvgIpc) is 3.48. The fourth-order valence-electron chi connectivity index (χ4n) is 8.63. The van der Waals surface area contributed by atoms with Crippen molar-refractivity contribution in [1.82, 2.24) is 5.01 Å². The van der Waals surface area contributed by atoms with E-state index >= 15 is 4.79 Å². The molecule has 1 saturated carbocycles. The number of halogens is 1. The lowest BCUT2D eigenvalue weighted by molar-refractivity contribution is -0.138. The van der Waals surface area contributed by atoms with E-state index in [1.165, 1.54) is 4.90 Å². The van der Waals surface area contributed by atoms with Crippen molar-refractivity contribution in [1.29, 1.82) is 0 Å². The lowest BCUT2D eigenvalue weighted by Gasteiger charge is -2.50. The molecule has 2 aliphatic heterocycles. The van der Waals surface area contributed by atoms with Crippen molar-refractivity contribution < 1.29 is 24.3 Å². The van der Waals surface area contributed by atoms with Gasteiger partial charge in [0.1, 0.15) is 5.75 Å². The first-order valence-corrected chi connectivity index (χ1v) is 16.5. The van der Waals surface area contributed by atoms with Crippen LogP contribution in [-0.2, 0) is 24.6 Å². The van der Waals surface area contributed by atoms with Gasteiger partial charge in [-0.1, -0.05) is 83.4 Å². The van der Waals surface area contributed by atoms with Crippen molar-refractivity contribution in [3.63, 3.8) is 0 Å². The molecule has 240 valence electrons. The number of aromatic hydroxyl groups is 1. The molecule has 6 unspecified atom stereocenters. The number of nitrogens with zero attached hydrogens (tertiary/aromatic N) is 2. The van der Waals surface area contributed by atoms with Gasteiger partial charge >= 0.3 is 0 Å². The highest BCUT2D eigenvalue weighted by Gasteiger charge is 2.70. The molecule has 2 saturated heterocycles. The number of allylic oxidation sites excluding steroid dienone is 2. The third-order valence-electron chi connectivity index (χ3n) is 10.7. The normalized spacial score (nSPS) is 27.8. The summed E-state index contributed by atoms with van der Waals surface area (Å²) in [5, 5.41) is 11.9. The lowest BCUT2D eigenvalue weighted by atomic mass is 9.49. The molecule has 9 heteroatoms. The molecule has 4 amide bonds. The lowest BCUT2D eigenvalue weighted by Crippen LogP contribution is -2.53. The summed E-state index contributed by atoms with van der Waals surface area (Å²) in [6, 6.07) is 30.2. The number of phenolic OH excluding ortho intramolecular Hbond substituents is 1. The fourth-order valence-corrected chi connectivity index (χ4v) is 8.76. The zero-order valence-corrected chi connectivity index (χ0v) is 26.8. The molecule has 8 nitrogen and oxygen atoms in total. The number of carbonyl (C=O) groups excluding carboxylic acids is 4. The van der Waals surface area contributed by atoms with E-state index in [0.29, 0.717) is 28.4 Å². The van der Waals surface area contributed by atoms with E-state index in [1.807, 2.05) is 67.6 Å². The Kier molecular flexibility index (Phi) is 7.03. The number of benzene rings is 4. The van der Waals surface area contributed by atoms with E-state index < -0.39 is 35.0 Å². The molecule has 8 rings (SSSR count). The molecule has 0 radical (unpaired) electrons. The molecule has 2 heterocycles. The SMILES string of the molecule is Cc1ccc(NN2C(=O)C3CC4C(=CCC5C(=O)N(c6ccc(Cl)cc6)C(=O)C54)C(c4ccc(O)cc4)C3(c3ccccc3)C2=O)cc1. The molecular weight excluding hydrogens is 626 g/mol. The largest absolute Gasteiger partial charge is 0.508 e. The topological polar surface area (TPSA) is 107 Å². The van der Waals surface area contributed by atoms with Crippen molar-refractivity contribution in [2.24, 2.45) is 23.7 Å². The summed E-state index contributed by atoms with van der Waals surface area (Å²) in [4.78, 5) is 59.2. The van der Waals surface area contributed by atoms with Crippen LogP contribution in [0.2, 0.25) is 5.02 Å². The maximum Gasteiger partial charge on any atom is 0.260 e. The minimum atomic E-state index is -1.36. The van der Waals surface area contributed by atoms with Gasteiger partial charge in [-0.25, -0.2) is 0 Å². The molecule has 4 aliphatic rings. The van der Waals surface area contributed by atoms with Gasteiger partial charge in [-0.05, 0) is 85.3 Å². The van der Waals surface area contributed by atoms with Gasteiger partial charge in [-0.15, -0.1) is 0 Å². The molecule has 48 heavy (non-hydrogen) atoms. The van der Waals surface area contributed by atoms with Crippen LogP contribution in [0.15, 0.2) is 115 Å². The van der Waals surface area contributed by atoms with Gasteiger partial charge in [0, 0.05) is 10.9 Å². The fraction of sp³-hybridized carbons (Fsp3) is 0.231. The highest BCUT2D eigenvalue weighted by molar-refractivity contribution is 6.31. The predicted octanol–water partition coefficient (Wildman–Crippen LogP) is 6.54. The number of anilines is 2. The molecule has 4 aromatic carbocycles. The van der Waals surface area contributed by atoms with Gasteiger partial charge in [0.05, 0.1) is 34.5 Å². The molecule has 6 atom stereocenters. The summed E-state index contributed by atoms with van der Waals surface area (Å²) in [6.07, 6.45) is 2.55. The number of nitrogens with one attached hydrogen (secondary N) is 1. The third-order valence-corrected chi connectivity index (χ3v) is 11.0. The van der Waals surface area contributed by atoms with Crippen LogP contribution in [0.25, 0.3) is 0 Å². The number of carbonyl (C=O) groups is 4. The van der Waals surface area contributed by atoms with Crippen LogP contribution < -0.4 is 10.3 Å². The van der Waals surface area contributed by atoms with E-state index in [9.17, 15) is 19.5 Å².